The van der Waals surface area contributed by atoms with Gasteiger partial charge in [0.25, 0.3) is 0 Å². The molecular formula is C11H13N3OS2. The number of anilines is 1. The van der Waals surface area contributed by atoms with Crippen molar-refractivity contribution in [3.63, 3.8) is 0 Å². The molecular weight excluding hydrogens is 254 g/mol. The van der Waals surface area contributed by atoms with Gasteiger partial charge in [-0.3, -0.25) is 0 Å². The number of aromatic nitrogens is 2. The van der Waals surface area contributed by atoms with Gasteiger partial charge < -0.3 is 10.5 Å². The molecule has 1 heterocycles. The molecule has 0 spiro atoms. The summed E-state index contributed by atoms with van der Waals surface area (Å²) in [5.41, 5.74) is 6.52. The zero-order chi connectivity index (χ0) is 12.3. The van der Waals surface area contributed by atoms with Crippen LogP contribution in [0.4, 0.5) is 5.69 Å². The summed E-state index contributed by atoms with van der Waals surface area (Å²) in [6, 6.07) is 5.68. The molecule has 0 aliphatic rings. The van der Waals surface area contributed by atoms with Crippen molar-refractivity contribution in [1.82, 2.24) is 9.36 Å². The Morgan fingerprint density at radius 1 is 1.41 bits per heavy atom. The maximum absolute atomic E-state index is 5.82. The van der Waals surface area contributed by atoms with Crippen molar-refractivity contribution in [3.05, 3.63) is 24.0 Å². The summed E-state index contributed by atoms with van der Waals surface area (Å²) in [6.07, 6.45) is 0. The van der Waals surface area contributed by atoms with Gasteiger partial charge in [-0.1, -0.05) is 11.8 Å². The number of benzene rings is 1. The molecule has 0 saturated carbocycles. The number of rotatable bonds is 4. The van der Waals surface area contributed by atoms with Crippen molar-refractivity contribution in [2.45, 2.75) is 23.1 Å². The highest BCUT2D eigenvalue weighted by atomic mass is 32.2. The van der Waals surface area contributed by atoms with Gasteiger partial charge in [-0.25, -0.2) is 4.98 Å². The Morgan fingerprint density at radius 3 is 2.88 bits per heavy atom. The molecule has 1 aromatic heterocycles. The van der Waals surface area contributed by atoms with Gasteiger partial charge in [-0.15, -0.1) is 0 Å². The summed E-state index contributed by atoms with van der Waals surface area (Å²) in [4.78, 5) is 5.32. The molecule has 0 aliphatic carbocycles. The molecule has 2 rings (SSSR count). The van der Waals surface area contributed by atoms with E-state index in [4.69, 9.17) is 10.5 Å². The van der Waals surface area contributed by atoms with Crippen LogP contribution in [0.15, 0.2) is 27.4 Å². The fourth-order valence-electron chi connectivity index (χ4n) is 1.32. The lowest BCUT2D eigenvalue weighted by atomic mass is 10.3. The Balaban J connectivity index is 2.20. The van der Waals surface area contributed by atoms with Crippen molar-refractivity contribution in [3.8, 4) is 5.75 Å². The predicted molar refractivity (Wildman–Crippen MR) is 70.8 cm³/mol. The fourth-order valence-corrected chi connectivity index (χ4v) is 3.05. The lowest BCUT2D eigenvalue weighted by Crippen LogP contribution is -1.93. The zero-order valence-electron chi connectivity index (χ0n) is 9.64. The zero-order valence-corrected chi connectivity index (χ0v) is 11.3. The van der Waals surface area contributed by atoms with Crippen molar-refractivity contribution in [1.29, 1.82) is 0 Å². The Kier molecular flexibility index (Phi) is 3.86. The predicted octanol–water partition coefficient (Wildman–Crippen LogP) is 2.98. The summed E-state index contributed by atoms with van der Waals surface area (Å²) in [7, 11) is 0. The highest BCUT2D eigenvalue weighted by molar-refractivity contribution is 8.01. The third kappa shape index (κ3) is 3.34. The van der Waals surface area contributed by atoms with E-state index >= 15 is 0 Å². The summed E-state index contributed by atoms with van der Waals surface area (Å²) in [5.74, 6) is 1.59. The topological polar surface area (TPSA) is 61.0 Å². The van der Waals surface area contributed by atoms with Gasteiger partial charge in [-0.2, -0.15) is 4.37 Å². The molecule has 0 aliphatic heterocycles. The van der Waals surface area contributed by atoms with Crippen LogP contribution >= 0.6 is 23.3 Å². The highest BCUT2D eigenvalue weighted by Gasteiger charge is 2.05. The molecule has 2 N–H and O–H groups in total. The average Bonchev–Trinajstić information content (AvgIpc) is 2.63. The first-order valence-electron chi connectivity index (χ1n) is 5.19. The molecule has 17 heavy (non-hydrogen) atoms. The largest absolute Gasteiger partial charge is 0.494 e. The molecule has 0 unspecified atom stereocenters. The Labute approximate surface area is 108 Å². The van der Waals surface area contributed by atoms with Gasteiger partial charge in [0, 0.05) is 16.6 Å². The van der Waals surface area contributed by atoms with E-state index < -0.39 is 0 Å². The molecule has 0 atom stereocenters. The Hall–Kier alpha value is -1.27. The maximum atomic E-state index is 5.82. The van der Waals surface area contributed by atoms with Crippen molar-refractivity contribution < 1.29 is 4.74 Å². The van der Waals surface area contributed by atoms with Crippen LogP contribution in [0.5, 0.6) is 5.75 Å². The van der Waals surface area contributed by atoms with Crippen LogP contribution < -0.4 is 10.5 Å². The molecule has 0 radical (unpaired) electrons. The third-order valence-electron chi connectivity index (χ3n) is 1.93. The minimum Gasteiger partial charge on any atom is -0.494 e. The van der Waals surface area contributed by atoms with Crippen LogP contribution in [0.25, 0.3) is 0 Å². The van der Waals surface area contributed by atoms with Crippen LogP contribution in [0.3, 0.4) is 0 Å². The maximum Gasteiger partial charge on any atom is 0.174 e. The van der Waals surface area contributed by atoms with Gasteiger partial charge in [0.05, 0.1) is 6.61 Å². The molecule has 90 valence electrons. The van der Waals surface area contributed by atoms with Crippen LogP contribution in [0.1, 0.15) is 12.7 Å². The van der Waals surface area contributed by atoms with E-state index in [1.165, 1.54) is 11.5 Å². The Bertz CT molecular complexity index is 513. The van der Waals surface area contributed by atoms with Crippen LogP contribution in [-0.2, 0) is 0 Å². The van der Waals surface area contributed by atoms with Gasteiger partial charge in [-0.05, 0) is 37.5 Å². The number of hydrogen-bond acceptors (Lipinski definition) is 6. The number of nitrogens with two attached hydrogens (primary N) is 1. The molecule has 0 bridgehead atoms. The molecule has 2 aromatic rings. The summed E-state index contributed by atoms with van der Waals surface area (Å²) < 4.78 is 10.5. The second kappa shape index (κ2) is 5.37. The first kappa shape index (κ1) is 12.2. The van der Waals surface area contributed by atoms with E-state index in [0.717, 1.165) is 20.8 Å². The summed E-state index contributed by atoms with van der Waals surface area (Å²) in [5, 5.41) is 0. The Morgan fingerprint density at radius 2 is 2.24 bits per heavy atom. The van der Waals surface area contributed by atoms with Crippen LogP contribution in [0, 0.1) is 6.92 Å². The smallest absolute Gasteiger partial charge is 0.174 e. The second-order valence-electron chi connectivity index (χ2n) is 3.38. The molecule has 1 aromatic carbocycles. The van der Waals surface area contributed by atoms with Crippen LogP contribution in [0.2, 0.25) is 0 Å². The quantitative estimate of drug-likeness (QED) is 0.863. The fraction of sp³-hybridized carbons (Fsp3) is 0.273. The van der Waals surface area contributed by atoms with Gasteiger partial charge in [0.2, 0.25) is 0 Å². The van der Waals surface area contributed by atoms with Gasteiger partial charge in [0.15, 0.2) is 4.34 Å². The summed E-state index contributed by atoms with van der Waals surface area (Å²) in [6.45, 7) is 4.46. The lowest BCUT2D eigenvalue weighted by molar-refractivity contribution is 0.339. The van der Waals surface area contributed by atoms with E-state index in [1.807, 2.05) is 32.0 Å². The van der Waals surface area contributed by atoms with E-state index in [-0.39, 0.29) is 0 Å². The molecule has 0 fully saturated rings. The molecule has 4 nitrogen and oxygen atoms in total. The molecule has 6 heteroatoms. The van der Waals surface area contributed by atoms with Gasteiger partial charge in [0.1, 0.15) is 11.6 Å². The van der Waals surface area contributed by atoms with Crippen molar-refractivity contribution in [2.75, 3.05) is 12.3 Å². The standard InChI is InChI=1S/C11H13N3OS2/c1-3-15-9-4-8(12)5-10(6-9)16-11-13-7(2)14-17-11/h4-6H,3,12H2,1-2H3. The van der Waals surface area contributed by atoms with Crippen molar-refractivity contribution in [2.24, 2.45) is 0 Å². The summed E-state index contributed by atoms with van der Waals surface area (Å²) >= 11 is 2.94. The normalized spacial score (nSPS) is 10.5. The van der Waals surface area contributed by atoms with Crippen LogP contribution in [-0.4, -0.2) is 16.0 Å². The number of aryl methyl sites for hydroxylation is 1. The highest BCUT2D eigenvalue weighted by Crippen LogP contribution is 2.32. The number of hydrogen-bond donors (Lipinski definition) is 1. The number of ether oxygens (including phenoxy) is 1. The van der Waals surface area contributed by atoms with Crippen molar-refractivity contribution >= 4 is 29.0 Å². The van der Waals surface area contributed by atoms with E-state index in [0.29, 0.717) is 12.3 Å². The average molecular weight is 267 g/mol. The SMILES string of the molecule is CCOc1cc(N)cc(Sc2nc(C)ns2)c1. The minimum atomic E-state index is 0.630. The first-order chi connectivity index (χ1) is 8.17. The van der Waals surface area contributed by atoms with Gasteiger partial charge >= 0.3 is 0 Å². The molecule has 0 saturated heterocycles. The number of nitrogen functional groups attached to an aromatic ring is 1. The molecule has 0 amide bonds. The monoisotopic (exact) mass is 267 g/mol. The second-order valence-corrected chi connectivity index (χ2v) is 5.45. The third-order valence-corrected chi connectivity index (χ3v) is 3.74. The van der Waals surface area contributed by atoms with E-state index in [2.05, 4.69) is 9.36 Å². The lowest BCUT2D eigenvalue weighted by Gasteiger charge is -2.06. The van der Waals surface area contributed by atoms with E-state index in [1.54, 1.807) is 11.8 Å². The minimum absolute atomic E-state index is 0.630. The first-order valence-corrected chi connectivity index (χ1v) is 6.78. The number of nitrogens with zero attached hydrogens (tertiary/aromatic N) is 2. The van der Waals surface area contributed by atoms with E-state index in [9.17, 15) is 0 Å².